The lowest BCUT2D eigenvalue weighted by molar-refractivity contribution is -0.116. The van der Waals surface area contributed by atoms with E-state index >= 15 is 0 Å². The molecule has 1 aliphatic rings. The van der Waals surface area contributed by atoms with E-state index in [4.69, 9.17) is 4.74 Å². The molecular weight excluding hydrogens is 204 g/mol. The maximum Gasteiger partial charge on any atom is 0.273 e. The quantitative estimate of drug-likeness (QED) is 0.763. The number of hydrazone groups is 1. The summed E-state index contributed by atoms with van der Waals surface area (Å²) in [6.07, 6.45) is 1.80. The zero-order chi connectivity index (χ0) is 11.5. The molecule has 0 unspecified atom stereocenters. The summed E-state index contributed by atoms with van der Waals surface area (Å²) < 4.78 is 5.11. The van der Waals surface area contributed by atoms with Crippen molar-refractivity contribution in [2.75, 3.05) is 7.11 Å². The lowest BCUT2D eigenvalue weighted by Crippen LogP contribution is -2.12. The maximum atomic E-state index is 11.4. The molecule has 0 fully saturated rings. The minimum Gasteiger partial charge on any atom is -0.497 e. The Kier molecular flexibility index (Phi) is 2.72. The Morgan fingerprint density at radius 3 is 2.88 bits per heavy atom. The van der Waals surface area contributed by atoms with E-state index < -0.39 is 0 Å². The molecule has 1 amide bonds. The van der Waals surface area contributed by atoms with Gasteiger partial charge in [-0.15, -0.1) is 0 Å². The molecule has 0 aromatic heterocycles. The number of hydrogen-bond acceptors (Lipinski definition) is 3. The van der Waals surface area contributed by atoms with Gasteiger partial charge in [-0.05, 0) is 30.7 Å². The lowest BCUT2D eigenvalue weighted by Gasteiger charge is -2.01. The van der Waals surface area contributed by atoms with E-state index in [9.17, 15) is 4.79 Å². The summed E-state index contributed by atoms with van der Waals surface area (Å²) in [5.41, 5.74) is 4.63. The van der Waals surface area contributed by atoms with Gasteiger partial charge in [0.05, 0.1) is 18.4 Å². The number of nitrogens with one attached hydrogen (secondary N) is 1. The first-order valence-electron chi connectivity index (χ1n) is 4.91. The molecule has 0 bridgehead atoms. The van der Waals surface area contributed by atoms with Crippen LogP contribution in [-0.2, 0) is 4.79 Å². The fourth-order valence-electron chi connectivity index (χ4n) is 1.49. The topological polar surface area (TPSA) is 50.7 Å². The summed E-state index contributed by atoms with van der Waals surface area (Å²) >= 11 is 0. The van der Waals surface area contributed by atoms with Crippen LogP contribution in [0.1, 0.15) is 12.5 Å². The van der Waals surface area contributed by atoms with E-state index in [-0.39, 0.29) is 5.91 Å². The number of benzene rings is 1. The molecule has 1 aliphatic heterocycles. The standard InChI is InChI=1S/C12H12N2O2/c1-8-11(12(15)14-13-8)7-9-4-3-5-10(6-9)16-2/h3-7H,1-2H3,(H,14,15)/b11-7-. The van der Waals surface area contributed by atoms with Crippen molar-refractivity contribution in [2.24, 2.45) is 5.10 Å². The summed E-state index contributed by atoms with van der Waals surface area (Å²) in [4.78, 5) is 11.4. The molecule has 1 N–H and O–H groups in total. The van der Waals surface area contributed by atoms with Gasteiger partial charge in [0.15, 0.2) is 0 Å². The number of methoxy groups -OCH3 is 1. The lowest BCUT2D eigenvalue weighted by atomic mass is 10.1. The SMILES string of the molecule is COc1cccc(/C=C2\C(=O)NN=C2C)c1. The number of ether oxygens (including phenoxy) is 1. The second kappa shape index (κ2) is 4.18. The van der Waals surface area contributed by atoms with Crippen LogP contribution >= 0.6 is 0 Å². The fourth-order valence-corrected chi connectivity index (χ4v) is 1.49. The average molecular weight is 216 g/mol. The van der Waals surface area contributed by atoms with Gasteiger partial charge in [0.1, 0.15) is 5.75 Å². The Bertz CT molecular complexity index is 490. The average Bonchev–Trinajstić information content (AvgIpc) is 2.61. The van der Waals surface area contributed by atoms with Crippen LogP contribution in [0.4, 0.5) is 0 Å². The third-order valence-corrected chi connectivity index (χ3v) is 2.36. The monoisotopic (exact) mass is 216 g/mol. The Morgan fingerprint density at radius 2 is 2.25 bits per heavy atom. The zero-order valence-electron chi connectivity index (χ0n) is 9.15. The predicted octanol–water partition coefficient (Wildman–Crippen LogP) is 1.58. The van der Waals surface area contributed by atoms with Crippen LogP contribution < -0.4 is 10.2 Å². The minimum absolute atomic E-state index is 0.166. The van der Waals surface area contributed by atoms with Gasteiger partial charge >= 0.3 is 0 Å². The molecule has 1 heterocycles. The predicted molar refractivity (Wildman–Crippen MR) is 62.2 cm³/mol. The van der Waals surface area contributed by atoms with Gasteiger partial charge in [0, 0.05) is 0 Å². The van der Waals surface area contributed by atoms with Gasteiger partial charge in [-0.25, -0.2) is 5.43 Å². The Morgan fingerprint density at radius 1 is 1.44 bits per heavy atom. The van der Waals surface area contributed by atoms with E-state index in [1.807, 2.05) is 24.3 Å². The molecule has 0 saturated carbocycles. The molecule has 4 heteroatoms. The summed E-state index contributed by atoms with van der Waals surface area (Å²) in [7, 11) is 1.61. The molecule has 82 valence electrons. The Hall–Kier alpha value is -2.10. The van der Waals surface area contributed by atoms with Gasteiger partial charge in [0.2, 0.25) is 0 Å². The maximum absolute atomic E-state index is 11.4. The van der Waals surface area contributed by atoms with Gasteiger partial charge in [-0.2, -0.15) is 5.10 Å². The molecular formula is C12H12N2O2. The van der Waals surface area contributed by atoms with Crippen LogP contribution in [0, 0.1) is 0 Å². The molecule has 0 spiro atoms. The summed E-state index contributed by atoms with van der Waals surface area (Å²) in [5, 5.41) is 3.85. The van der Waals surface area contributed by atoms with Crippen LogP contribution in [-0.4, -0.2) is 18.7 Å². The normalized spacial score (nSPS) is 17.2. The van der Waals surface area contributed by atoms with E-state index in [1.165, 1.54) is 0 Å². The Balaban J connectivity index is 2.35. The molecule has 0 saturated heterocycles. The number of rotatable bonds is 2. The van der Waals surface area contributed by atoms with Gasteiger partial charge < -0.3 is 4.74 Å². The van der Waals surface area contributed by atoms with Gasteiger partial charge in [-0.1, -0.05) is 12.1 Å². The second-order valence-corrected chi connectivity index (χ2v) is 3.47. The molecule has 4 nitrogen and oxygen atoms in total. The van der Waals surface area contributed by atoms with E-state index in [0.29, 0.717) is 11.3 Å². The van der Waals surface area contributed by atoms with Crippen molar-refractivity contribution >= 4 is 17.7 Å². The first-order chi connectivity index (χ1) is 7.70. The van der Waals surface area contributed by atoms with Gasteiger partial charge in [0.25, 0.3) is 5.91 Å². The van der Waals surface area contributed by atoms with Crippen LogP contribution in [0.15, 0.2) is 34.9 Å². The van der Waals surface area contributed by atoms with E-state index in [0.717, 1.165) is 11.3 Å². The first kappa shape index (κ1) is 10.4. The Labute approximate surface area is 93.6 Å². The smallest absolute Gasteiger partial charge is 0.273 e. The fraction of sp³-hybridized carbons (Fsp3) is 0.167. The van der Waals surface area contributed by atoms with Crippen molar-refractivity contribution in [3.63, 3.8) is 0 Å². The molecule has 0 aliphatic carbocycles. The second-order valence-electron chi connectivity index (χ2n) is 3.47. The third kappa shape index (κ3) is 1.95. The number of nitrogens with zero attached hydrogens (tertiary/aromatic N) is 1. The van der Waals surface area contributed by atoms with Crippen molar-refractivity contribution in [1.82, 2.24) is 5.43 Å². The molecule has 1 aromatic rings. The number of carbonyl (C=O) groups is 1. The molecule has 1 aromatic carbocycles. The summed E-state index contributed by atoms with van der Waals surface area (Å²) in [5.74, 6) is 0.600. The first-order valence-corrected chi connectivity index (χ1v) is 4.91. The van der Waals surface area contributed by atoms with Crippen molar-refractivity contribution < 1.29 is 9.53 Å². The highest BCUT2D eigenvalue weighted by molar-refractivity contribution is 6.26. The molecule has 0 atom stereocenters. The third-order valence-electron chi connectivity index (χ3n) is 2.36. The number of carbonyl (C=O) groups excluding carboxylic acids is 1. The van der Waals surface area contributed by atoms with Gasteiger partial charge in [-0.3, -0.25) is 4.79 Å². The summed E-state index contributed by atoms with van der Waals surface area (Å²) in [6, 6.07) is 7.52. The largest absolute Gasteiger partial charge is 0.497 e. The number of amides is 1. The van der Waals surface area contributed by atoms with Crippen molar-refractivity contribution in [1.29, 1.82) is 0 Å². The van der Waals surface area contributed by atoms with Crippen molar-refractivity contribution in [3.05, 3.63) is 35.4 Å². The highest BCUT2D eigenvalue weighted by Crippen LogP contribution is 2.17. The highest BCUT2D eigenvalue weighted by atomic mass is 16.5. The van der Waals surface area contributed by atoms with Crippen LogP contribution in [0.5, 0.6) is 5.75 Å². The van der Waals surface area contributed by atoms with E-state index in [1.54, 1.807) is 20.1 Å². The van der Waals surface area contributed by atoms with Crippen molar-refractivity contribution in [3.8, 4) is 5.75 Å². The number of hydrogen-bond donors (Lipinski definition) is 1. The highest BCUT2D eigenvalue weighted by Gasteiger charge is 2.18. The zero-order valence-corrected chi connectivity index (χ0v) is 9.15. The van der Waals surface area contributed by atoms with Crippen LogP contribution in [0.2, 0.25) is 0 Å². The van der Waals surface area contributed by atoms with Crippen LogP contribution in [0.25, 0.3) is 6.08 Å². The molecule has 2 rings (SSSR count). The summed E-state index contributed by atoms with van der Waals surface area (Å²) in [6.45, 7) is 1.80. The molecule has 16 heavy (non-hydrogen) atoms. The van der Waals surface area contributed by atoms with Crippen LogP contribution in [0.3, 0.4) is 0 Å². The minimum atomic E-state index is -0.166. The van der Waals surface area contributed by atoms with Crippen molar-refractivity contribution in [2.45, 2.75) is 6.92 Å². The van der Waals surface area contributed by atoms with E-state index in [2.05, 4.69) is 10.5 Å². The molecule has 0 radical (unpaired) electrons.